The van der Waals surface area contributed by atoms with E-state index in [1.807, 2.05) is 0 Å². The molecule has 1 N–H and O–H groups in total. The minimum atomic E-state index is -4.16. The van der Waals surface area contributed by atoms with Gasteiger partial charge in [-0.2, -0.15) is 18.3 Å². The van der Waals surface area contributed by atoms with Crippen LogP contribution in [0.15, 0.2) is 12.3 Å². The molecule has 0 saturated carbocycles. The van der Waals surface area contributed by atoms with Crippen LogP contribution in [0, 0.1) is 0 Å². The Morgan fingerprint density at radius 1 is 1.54 bits per heavy atom. The van der Waals surface area contributed by atoms with Gasteiger partial charge in [0.05, 0.1) is 12.2 Å². The fourth-order valence-corrected chi connectivity index (χ4v) is 0.890. The lowest BCUT2D eigenvalue weighted by Crippen LogP contribution is -2.28. The van der Waals surface area contributed by atoms with Gasteiger partial charge in [0, 0.05) is 19.8 Å². The average molecular weight is 193 g/mol. The minimum Gasteiger partial charge on any atom is -0.303 e. The molecule has 1 aromatic heterocycles. The molecule has 0 radical (unpaired) electrons. The Bertz CT molecular complexity index is 266. The molecule has 13 heavy (non-hydrogen) atoms. The Labute approximate surface area is 73.5 Å². The molecule has 0 aliphatic rings. The van der Waals surface area contributed by atoms with Gasteiger partial charge < -0.3 is 5.32 Å². The molecule has 0 spiro atoms. The van der Waals surface area contributed by atoms with Gasteiger partial charge in [0.1, 0.15) is 0 Å². The standard InChI is InChI=1S/C7H10F3N3/c1-13-3-2-6(12-13)4-11-5-7(8,9)10/h2-3,11H,4-5H2,1H3. The van der Waals surface area contributed by atoms with Crippen molar-refractivity contribution in [2.45, 2.75) is 12.7 Å². The lowest BCUT2D eigenvalue weighted by Gasteiger charge is -2.05. The van der Waals surface area contributed by atoms with E-state index in [2.05, 4.69) is 10.4 Å². The molecule has 0 aromatic carbocycles. The van der Waals surface area contributed by atoms with Crippen LogP contribution in [0.2, 0.25) is 0 Å². The van der Waals surface area contributed by atoms with E-state index in [0.29, 0.717) is 5.69 Å². The van der Waals surface area contributed by atoms with Crippen LogP contribution in [0.25, 0.3) is 0 Å². The molecule has 6 heteroatoms. The van der Waals surface area contributed by atoms with Gasteiger partial charge in [0.25, 0.3) is 0 Å². The highest BCUT2D eigenvalue weighted by Crippen LogP contribution is 2.12. The number of nitrogens with zero attached hydrogens (tertiary/aromatic N) is 2. The maximum Gasteiger partial charge on any atom is 0.401 e. The second-order valence-electron chi connectivity index (χ2n) is 2.70. The van der Waals surface area contributed by atoms with Crippen molar-refractivity contribution in [3.8, 4) is 0 Å². The average Bonchev–Trinajstić information content (AvgIpc) is 2.33. The van der Waals surface area contributed by atoms with Crippen molar-refractivity contribution in [3.63, 3.8) is 0 Å². The van der Waals surface area contributed by atoms with Gasteiger partial charge in [-0.15, -0.1) is 0 Å². The van der Waals surface area contributed by atoms with Gasteiger partial charge in [-0.3, -0.25) is 4.68 Å². The predicted octanol–water partition coefficient (Wildman–Crippen LogP) is 1.07. The monoisotopic (exact) mass is 193 g/mol. The molecule has 0 atom stereocenters. The SMILES string of the molecule is Cn1ccc(CNCC(F)(F)F)n1. The predicted molar refractivity (Wildman–Crippen MR) is 41.0 cm³/mol. The number of alkyl halides is 3. The van der Waals surface area contributed by atoms with Crippen molar-refractivity contribution < 1.29 is 13.2 Å². The Hall–Kier alpha value is -1.04. The molecule has 74 valence electrons. The van der Waals surface area contributed by atoms with Crippen LogP contribution in [-0.2, 0) is 13.6 Å². The number of hydrogen-bond donors (Lipinski definition) is 1. The molecule has 0 aliphatic heterocycles. The lowest BCUT2D eigenvalue weighted by atomic mass is 10.4. The molecule has 0 bridgehead atoms. The Kier molecular flexibility index (Phi) is 2.92. The number of aryl methyl sites for hydroxylation is 1. The van der Waals surface area contributed by atoms with Crippen LogP contribution >= 0.6 is 0 Å². The number of aromatic nitrogens is 2. The van der Waals surface area contributed by atoms with Crippen LogP contribution in [0.4, 0.5) is 13.2 Å². The third-order valence-electron chi connectivity index (χ3n) is 1.40. The van der Waals surface area contributed by atoms with Gasteiger partial charge in [-0.1, -0.05) is 0 Å². The first-order chi connectivity index (χ1) is 5.97. The normalized spacial score (nSPS) is 12.0. The summed E-state index contributed by atoms with van der Waals surface area (Å²) < 4.78 is 36.6. The molecule has 1 heterocycles. The molecule has 3 nitrogen and oxygen atoms in total. The first kappa shape index (κ1) is 10.0. The van der Waals surface area contributed by atoms with Crippen molar-refractivity contribution in [1.82, 2.24) is 15.1 Å². The highest BCUT2D eigenvalue weighted by atomic mass is 19.4. The van der Waals surface area contributed by atoms with Gasteiger partial charge in [-0.25, -0.2) is 0 Å². The van der Waals surface area contributed by atoms with Gasteiger partial charge in [-0.05, 0) is 6.07 Å². The fraction of sp³-hybridized carbons (Fsp3) is 0.571. The minimum absolute atomic E-state index is 0.139. The van der Waals surface area contributed by atoms with Crippen molar-refractivity contribution in [3.05, 3.63) is 18.0 Å². The van der Waals surface area contributed by atoms with E-state index in [-0.39, 0.29) is 6.54 Å². The molecule has 0 amide bonds. The third kappa shape index (κ3) is 3.93. The summed E-state index contributed by atoms with van der Waals surface area (Å²) in [5.74, 6) is 0. The van der Waals surface area contributed by atoms with Crippen molar-refractivity contribution in [2.24, 2.45) is 7.05 Å². The first-order valence-electron chi connectivity index (χ1n) is 3.73. The number of halogens is 3. The van der Waals surface area contributed by atoms with Crippen molar-refractivity contribution in [1.29, 1.82) is 0 Å². The summed E-state index contributed by atoms with van der Waals surface area (Å²) in [7, 11) is 1.72. The topological polar surface area (TPSA) is 29.9 Å². The highest BCUT2D eigenvalue weighted by molar-refractivity contribution is 4.97. The fourth-order valence-electron chi connectivity index (χ4n) is 0.890. The van der Waals surface area contributed by atoms with Gasteiger partial charge in [0.15, 0.2) is 0 Å². The van der Waals surface area contributed by atoms with Crippen molar-refractivity contribution >= 4 is 0 Å². The smallest absolute Gasteiger partial charge is 0.303 e. The van der Waals surface area contributed by atoms with E-state index in [9.17, 15) is 13.2 Å². The second kappa shape index (κ2) is 3.78. The number of rotatable bonds is 3. The maximum absolute atomic E-state index is 11.7. The van der Waals surface area contributed by atoms with E-state index in [1.54, 1.807) is 24.0 Å². The quantitative estimate of drug-likeness (QED) is 0.778. The zero-order valence-electron chi connectivity index (χ0n) is 7.10. The van der Waals surface area contributed by atoms with Crippen LogP contribution < -0.4 is 5.32 Å². The molecule has 0 fully saturated rings. The summed E-state index contributed by atoms with van der Waals surface area (Å²) in [5.41, 5.74) is 0.603. The van der Waals surface area contributed by atoms with E-state index in [0.717, 1.165) is 0 Å². The molecule has 1 rings (SSSR count). The summed E-state index contributed by atoms with van der Waals surface area (Å²) in [5, 5.41) is 6.17. The van der Waals surface area contributed by atoms with Crippen molar-refractivity contribution in [2.75, 3.05) is 6.54 Å². The van der Waals surface area contributed by atoms with Gasteiger partial charge in [0.2, 0.25) is 0 Å². The third-order valence-corrected chi connectivity index (χ3v) is 1.40. The van der Waals surface area contributed by atoms with Crippen LogP contribution in [0.5, 0.6) is 0 Å². The Morgan fingerprint density at radius 2 is 2.23 bits per heavy atom. The summed E-state index contributed by atoms with van der Waals surface area (Å²) in [6.45, 7) is -0.843. The number of hydrogen-bond acceptors (Lipinski definition) is 2. The highest BCUT2D eigenvalue weighted by Gasteiger charge is 2.26. The first-order valence-corrected chi connectivity index (χ1v) is 3.73. The second-order valence-corrected chi connectivity index (χ2v) is 2.70. The van der Waals surface area contributed by atoms with E-state index in [4.69, 9.17) is 0 Å². The summed E-state index contributed by atoms with van der Waals surface area (Å²) in [6.07, 6.45) is -2.47. The molecule has 0 aliphatic carbocycles. The summed E-state index contributed by atoms with van der Waals surface area (Å²) in [6, 6.07) is 1.67. The van der Waals surface area contributed by atoms with Crippen LogP contribution in [-0.4, -0.2) is 22.5 Å². The molecular weight excluding hydrogens is 183 g/mol. The Morgan fingerprint density at radius 3 is 2.69 bits per heavy atom. The summed E-state index contributed by atoms with van der Waals surface area (Å²) >= 11 is 0. The van der Waals surface area contributed by atoms with Gasteiger partial charge >= 0.3 is 6.18 Å². The molecule has 1 aromatic rings. The largest absolute Gasteiger partial charge is 0.401 e. The molecule has 0 unspecified atom stereocenters. The van der Waals surface area contributed by atoms with E-state index < -0.39 is 12.7 Å². The van der Waals surface area contributed by atoms with E-state index in [1.165, 1.54) is 0 Å². The zero-order chi connectivity index (χ0) is 9.90. The van der Waals surface area contributed by atoms with Crippen LogP contribution in [0.1, 0.15) is 5.69 Å². The van der Waals surface area contributed by atoms with Crippen LogP contribution in [0.3, 0.4) is 0 Å². The maximum atomic E-state index is 11.7. The van der Waals surface area contributed by atoms with E-state index >= 15 is 0 Å². The summed E-state index contributed by atoms with van der Waals surface area (Å²) in [4.78, 5) is 0. The zero-order valence-corrected chi connectivity index (χ0v) is 7.10. The molecular formula is C7H10F3N3. The lowest BCUT2D eigenvalue weighted by molar-refractivity contribution is -0.125. The number of nitrogens with one attached hydrogen (secondary N) is 1. The Balaban J connectivity index is 2.28. The molecule has 0 saturated heterocycles.